The molecule has 148 valence electrons. The number of nitrogens with two attached hydrogens (primary N) is 1. The number of hydrogen-bond donors (Lipinski definition) is 3. The van der Waals surface area contributed by atoms with Crippen LogP contribution in [0, 0.1) is 0 Å². The average Bonchev–Trinajstić information content (AvgIpc) is 2.93. The Morgan fingerprint density at radius 1 is 1.32 bits per heavy atom. The number of benzene rings is 1. The highest BCUT2D eigenvalue weighted by Gasteiger charge is 2.46. The molecule has 3 heterocycles. The quantitative estimate of drug-likeness (QED) is 0.542. The summed E-state index contributed by atoms with van der Waals surface area (Å²) in [6.45, 7) is 2.08. The molecule has 4 N–H and O–H groups in total. The Labute approximate surface area is 162 Å². The Bertz CT molecular complexity index is 877. The van der Waals surface area contributed by atoms with Gasteiger partial charge in [-0.15, -0.1) is 0 Å². The fourth-order valence-corrected chi connectivity index (χ4v) is 4.25. The van der Waals surface area contributed by atoms with Crippen molar-refractivity contribution in [2.75, 3.05) is 20.1 Å². The van der Waals surface area contributed by atoms with E-state index in [0.717, 1.165) is 11.1 Å². The average molecular weight is 385 g/mol. The van der Waals surface area contributed by atoms with Gasteiger partial charge in [0.05, 0.1) is 0 Å². The van der Waals surface area contributed by atoms with Crippen LogP contribution in [0.2, 0.25) is 0 Å². The number of hydrogen-bond acceptors (Lipinski definition) is 6. The number of nitrogens with one attached hydrogen (secondary N) is 2. The number of rotatable bonds is 5. The van der Waals surface area contributed by atoms with Gasteiger partial charge in [-0.3, -0.25) is 29.4 Å². The lowest BCUT2D eigenvalue weighted by molar-refractivity contribution is -0.137. The van der Waals surface area contributed by atoms with Crippen molar-refractivity contribution in [1.82, 2.24) is 20.4 Å². The molecule has 0 bridgehead atoms. The van der Waals surface area contributed by atoms with E-state index in [1.165, 1.54) is 0 Å². The van der Waals surface area contributed by atoms with Gasteiger partial charge in [0.25, 0.3) is 5.91 Å². The molecule has 2 fully saturated rings. The number of fused-ring (bicyclic) bond motifs is 1. The zero-order valence-electron chi connectivity index (χ0n) is 15.7. The summed E-state index contributed by atoms with van der Waals surface area (Å²) < 4.78 is 0. The number of likely N-dealkylation sites (tertiary alicyclic amines) is 1. The monoisotopic (exact) mass is 385 g/mol. The Balaban J connectivity index is 1.44. The molecule has 4 amide bonds. The Kier molecular flexibility index (Phi) is 4.43. The minimum absolute atomic E-state index is 0.178. The zero-order valence-corrected chi connectivity index (χ0v) is 15.7. The van der Waals surface area contributed by atoms with E-state index in [2.05, 4.69) is 15.5 Å². The van der Waals surface area contributed by atoms with E-state index >= 15 is 0 Å². The SMILES string of the molecule is CNC1(C(N)=O)CN(Cc2ccc3c(c2)CN(C2CCC(=O)NC2=O)C3=O)C1. The van der Waals surface area contributed by atoms with Gasteiger partial charge in [0.1, 0.15) is 11.6 Å². The normalized spacial score (nSPS) is 24.0. The third kappa shape index (κ3) is 2.96. The van der Waals surface area contributed by atoms with Crippen LogP contribution in [0.15, 0.2) is 18.2 Å². The molecule has 0 radical (unpaired) electrons. The third-order valence-corrected chi connectivity index (χ3v) is 5.93. The van der Waals surface area contributed by atoms with Crippen molar-refractivity contribution >= 4 is 23.6 Å². The van der Waals surface area contributed by atoms with Crippen LogP contribution in [0.1, 0.15) is 34.3 Å². The highest BCUT2D eigenvalue weighted by atomic mass is 16.2. The highest BCUT2D eigenvalue weighted by molar-refractivity contribution is 6.05. The summed E-state index contributed by atoms with van der Waals surface area (Å²) in [6, 6.07) is 5.05. The molecule has 0 aromatic heterocycles. The zero-order chi connectivity index (χ0) is 20.1. The number of likely N-dealkylation sites (N-methyl/N-ethyl adjacent to an activating group) is 1. The molecular weight excluding hydrogens is 362 g/mol. The standard InChI is InChI=1S/C19H23N5O4/c1-21-19(18(20)28)9-23(10-19)7-11-2-3-13-12(6-11)8-24(17(13)27)14-4-5-15(25)22-16(14)26/h2-3,6,14,21H,4-5,7-10H2,1H3,(H2,20,28)(H,22,25,26). The van der Waals surface area contributed by atoms with Gasteiger partial charge in [0.15, 0.2) is 0 Å². The lowest BCUT2D eigenvalue weighted by Gasteiger charge is -2.47. The molecule has 28 heavy (non-hydrogen) atoms. The summed E-state index contributed by atoms with van der Waals surface area (Å²) in [7, 11) is 1.73. The van der Waals surface area contributed by atoms with E-state index in [-0.39, 0.29) is 24.1 Å². The van der Waals surface area contributed by atoms with E-state index in [1.807, 2.05) is 12.1 Å². The highest BCUT2D eigenvalue weighted by Crippen LogP contribution is 2.29. The van der Waals surface area contributed by atoms with Crippen LogP contribution in [0.25, 0.3) is 0 Å². The van der Waals surface area contributed by atoms with Gasteiger partial charge in [-0.05, 0) is 30.7 Å². The van der Waals surface area contributed by atoms with E-state index in [0.29, 0.717) is 38.2 Å². The Hall–Kier alpha value is -2.78. The molecular formula is C19H23N5O4. The second-order valence-electron chi connectivity index (χ2n) is 7.73. The topological polar surface area (TPSA) is 125 Å². The largest absolute Gasteiger partial charge is 0.368 e. The molecule has 3 aliphatic heterocycles. The predicted octanol–water partition coefficient (Wildman–Crippen LogP) is -1.29. The molecule has 2 saturated heterocycles. The smallest absolute Gasteiger partial charge is 0.255 e. The summed E-state index contributed by atoms with van der Waals surface area (Å²) >= 11 is 0. The molecule has 9 nitrogen and oxygen atoms in total. The summed E-state index contributed by atoms with van der Waals surface area (Å²) in [5.74, 6) is -1.24. The van der Waals surface area contributed by atoms with E-state index in [1.54, 1.807) is 18.0 Å². The molecule has 9 heteroatoms. The van der Waals surface area contributed by atoms with Crippen molar-refractivity contribution < 1.29 is 19.2 Å². The van der Waals surface area contributed by atoms with Gasteiger partial charge < -0.3 is 16.0 Å². The van der Waals surface area contributed by atoms with Crippen molar-refractivity contribution in [2.45, 2.75) is 37.5 Å². The van der Waals surface area contributed by atoms with Crippen LogP contribution in [0.3, 0.4) is 0 Å². The number of imide groups is 1. The maximum Gasteiger partial charge on any atom is 0.255 e. The summed E-state index contributed by atoms with van der Waals surface area (Å²) in [6.07, 6.45) is 0.591. The minimum Gasteiger partial charge on any atom is -0.368 e. The molecule has 0 spiro atoms. The van der Waals surface area contributed by atoms with Gasteiger partial charge in [-0.1, -0.05) is 12.1 Å². The number of primary amides is 1. The summed E-state index contributed by atoms with van der Waals surface area (Å²) in [5.41, 5.74) is 7.30. The van der Waals surface area contributed by atoms with Crippen molar-refractivity contribution in [1.29, 1.82) is 0 Å². The van der Waals surface area contributed by atoms with E-state index < -0.39 is 17.5 Å². The maximum atomic E-state index is 12.7. The number of carbonyl (C=O) groups is 4. The minimum atomic E-state index is -0.671. The second kappa shape index (κ2) is 6.68. The first-order valence-electron chi connectivity index (χ1n) is 9.30. The van der Waals surface area contributed by atoms with Gasteiger partial charge in [0, 0.05) is 38.2 Å². The number of carbonyl (C=O) groups excluding carboxylic acids is 4. The first-order chi connectivity index (χ1) is 13.3. The van der Waals surface area contributed by atoms with Gasteiger partial charge in [-0.25, -0.2) is 0 Å². The van der Waals surface area contributed by atoms with E-state index in [9.17, 15) is 19.2 Å². The molecule has 4 rings (SSSR count). The van der Waals surface area contributed by atoms with Crippen molar-refractivity contribution in [3.8, 4) is 0 Å². The van der Waals surface area contributed by atoms with Gasteiger partial charge >= 0.3 is 0 Å². The second-order valence-corrected chi connectivity index (χ2v) is 7.73. The van der Waals surface area contributed by atoms with Crippen LogP contribution < -0.4 is 16.4 Å². The fraction of sp³-hybridized carbons (Fsp3) is 0.474. The molecule has 3 aliphatic rings. The maximum absolute atomic E-state index is 12.7. The van der Waals surface area contributed by atoms with Crippen LogP contribution in [0.4, 0.5) is 0 Å². The molecule has 1 atom stereocenters. The van der Waals surface area contributed by atoms with Crippen LogP contribution >= 0.6 is 0 Å². The van der Waals surface area contributed by atoms with Crippen LogP contribution in [0.5, 0.6) is 0 Å². The molecule has 0 aliphatic carbocycles. The molecule has 1 aromatic rings. The molecule has 0 saturated carbocycles. The van der Waals surface area contributed by atoms with Crippen molar-refractivity contribution in [3.05, 3.63) is 34.9 Å². The lowest BCUT2D eigenvalue weighted by atomic mass is 9.88. The first kappa shape index (κ1) is 18.6. The van der Waals surface area contributed by atoms with Gasteiger partial charge in [-0.2, -0.15) is 0 Å². The van der Waals surface area contributed by atoms with Crippen LogP contribution in [-0.4, -0.2) is 65.1 Å². The number of nitrogens with zero attached hydrogens (tertiary/aromatic N) is 2. The molecule has 1 unspecified atom stereocenters. The third-order valence-electron chi connectivity index (χ3n) is 5.93. The predicted molar refractivity (Wildman–Crippen MR) is 98.7 cm³/mol. The van der Waals surface area contributed by atoms with Gasteiger partial charge in [0.2, 0.25) is 17.7 Å². The Morgan fingerprint density at radius 3 is 2.71 bits per heavy atom. The van der Waals surface area contributed by atoms with E-state index in [4.69, 9.17) is 5.73 Å². The fourth-order valence-electron chi connectivity index (χ4n) is 4.25. The van der Waals surface area contributed by atoms with Crippen molar-refractivity contribution in [2.24, 2.45) is 5.73 Å². The summed E-state index contributed by atoms with van der Waals surface area (Å²) in [4.78, 5) is 51.4. The molecule has 1 aromatic carbocycles. The first-order valence-corrected chi connectivity index (χ1v) is 9.30. The number of piperidine rings is 1. The summed E-state index contributed by atoms with van der Waals surface area (Å²) in [5, 5.41) is 5.30. The van der Waals surface area contributed by atoms with Crippen molar-refractivity contribution in [3.63, 3.8) is 0 Å². The number of amides is 4. The van der Waals surface area contributed by atoms with Crippen LogP contribution in [-0.2, 0) is 27.5 Å². The lowest BCUT2D eigenvalue weighted by Crippen LogP contribution is -2.73. The Morgan fingerprint density at radius 2 is 2.07 bits per heavy atom.